The largest absolute Gasteiger partial charge is 0.497 e. The highest BCUT2D eigenvalue weighted by molar-refractivity contribution is 5.83. The molecule has 3 fully saturated rings. The molecule has 6 nitrogen and oxygen atoms in total. The molecule has 0 spiro atoms. The highest BCUT2D eigenvalue weighted by atomic mass is 16.5. The van der Waals surface area contributed by atoms with Gasteiger partial charge in [-0.1, -0.05) is 25.0 Å². The van der Waals surface area contributed by atoms with Crippen LogP contribution in [-0.4, -0.2) is 66.1 Å². The summed E-state index contributed by atoms with van der Waals surface area (Å²) in [5.41, 5.74) is 0.0977. The number of aliphatic carboxylic acids is 1. The lowest BCUT2D eigenvalue weighted by molar-refractivity contribution is -0.149. The van der Waals surface area contributed by atoms with E-state index in [1.807, 2.05) is 24.3 Å². The van der Waals surface area contributed by atoms with Gasteiger partial charge in [-0.3, -0.25) is 14.5 Å². The van der Waals surface area contributed by atoms with Gasteiger partial charge in [-0.2, -0.15) is 0 Å². The maximum absolute atomic E-state index is 12.8. The number of carbonyl (C=O) groups is 2. The molecule has 6 heteroatoms. The number of hydrogen-bond donors (Lipinski definition) is 1. The predicted octanol–water partition coefficient (Wildman–Crippen LogP) is 2.03. The van der Waals surface area contributed by atoms with Crippen LogP contribution in [0.2, 0.25) is 0 Å². The minimum absolute atomic E-state index is 0.00527. The lowest BCUT2D eigenvalue weighted by Gasteiger charge is -2.28. The van der Waals surface area contributed by atoms with E-state index in [-0.39, 0.29) is 18.2 Å². The second kappa shape index (κ2) is 7.15. The van der Waals surface area contributed by atoms with E-state index in [1.165, 1.54) is 25.7 Å². The fourth-order valence-electron chi connectivity index (χ4n) is 5.21. The van der Waals surface area contributed by atoms with Gasteiger partial charge < -0.3 is 14.7 Å². The number of benzene rings is 1. The summed E-state index contributed by atoms with van der Waals surface area (Å²) in [6, 6.07) is 8.03. The molecule has 0 bridgehead atoms. The zero-order valence-electron chi connectivity index (χ0n) is 15.9. The third-order valence-electron chi connectivity index (χ3n) is 6.74. The fourth-order valence-corrected chi connectivity index (χ4v) is 5.21. The van der Waals surface area contributed by atoms with E-state index in [2.05, 4.69) is 4.90 Å². The van der Waals surface area contributed by atoms with Crippen LogP contribution >= 0.6 is 0 Å². The summed E-state index contributed by atoms with van der Waals surface area (Å²) in [6.07, 6.45) is 5.14. The zero-order valence-corrected chi connectivity index (χ0v) is 15.9. The number of carboxylic acid groups (broad SMARTS) is 1. The van der Waals surface area contributed by atoms with Gasteiger partial charge in [0.15, 0.2) is 0 Å². The van der Waals surface area contributed by atoms with Crippen molar-refractivity contribution in [1.29, 1.82) is 0 Å². The van der Waals surface area contributed by atoms with Crippen LogP contribution in [0.15, 0.2) is 24.3 Å². The Labute approximate surface area is 160 Å². The second-order valence-electron chi connectivity index (χ2n) is 8.33. The van der Waals surface area contributed by atoms with Gasteiger partial charge >= 0.3 is 5.97 Å². The van der Waals surface area contributed by atoms with Crippen molar-refractivity contribution in [3.63, 3.8) is 0 Å². The van der Waals surface area contributed by atoms with Gasteiger partial charge in [-0.25, -0.2) is 0 Å². The van der Waals surface area contributed by atoms with Crippen molar-refractivity contribution in [3.05, 3.63) is 29.8 Å². The molecule has 2 heterocycles. The lowest BCUT2D eigenvalue weighted by atomic mass is 9.81. The van der Waals surface area contributed by atoms with Crippen LogP contribution in [-0.2, 0) is 16.0 Å². The molecule has 2 atom stereocenters. The van der Waals surface area contributed by atoms with Crippen molar-refractivity contribution in [2.75, 3.05) is 33.3 Å². The first kappa shape index (κ1) is 18.3. The van der Waals surface area contributed by atoms with Crippen molar-refractivity contribution in [3.8, 4) is 5.75 Å². The molecule has 4 rings (SSSR count). The SMILES string of the molecule is COc1cccc(CC(=O)N2C[C@@H]3CN(C4CCCC4)C[C@]3(C(=O)O)C2)c1. The summed E-state index contributed by atoms with van der Waals surface area (Å²) in [5.74, 6) is 0.0213. The smallest absolute Gasteiger partial charge is 0.313 e. The molecule has 2 aliphatic heterocycles. The standard InChI is InChI=1S/C21H28N2O4/c1-27-18-8-4-5-15(9-18)10-19(24)23-12-16-11-22(17-6-2-3-7-17)13-21(16,14-23)20(25)26/h4-5,8-9,16-17H,2-3,6-7,10-14H2,1H3,(H,25,26)/t16-,21-/m0/s1. The Balaban J connectivity index is 1.45. The first-order chi connectivity index (χ1) is 13.0. The van der Waals surface area contributed by atoms with Gasteiger partial charge in [0, 0.05) is 38.1 Å². The molecule has 1 N–H and O–H groups in total. The van der Waals surface area contributed by atoms with Crippen molar-refractivity contribution >= 4 is 11.9 Å². The fraction of sp³-hybridized carbons (Fsp3) is 0.619. The van der Waals surface area contributed by atoms with Gasteiger partial charge in [-0.05, 0) is 30.5 Å². The van der Waals surface area contributed by atoms with Crippen LogP contribution in [0.25, 0.3) is 0 Å². The Bertz CT molecular complexity index is 731. The summed E-state index contributed by atoms with van der Waals surface area (Å²) >= 11 is 0. The lowest BCUT2D eigenvalue weighted by Crippen LogP contribution is -2.43. The number of hydrogen-bond acceptors (Lipinski definition) is 4. The van der Waals surface area contributed by atoms with Crippen LogP contribution in [0.1, 0.15) is 31.2 Å². The normalized spacial score (nSPS) is 28.5. The van der Waals surface area contributed by atoms with Gasteiger partial charge in [0.2, 0.25) is 5.91 Å². The second-order valence-corrected chi connectivity index (χ2v) is 8.33. The monoisotopic (exact) mass is 372 g/mol. The van der Waals surface area contributed by atoms with Gasteiger partial charge in [0.05, 0.1) is 13.5 Å². The van der Waals surface area contributed by atoms with E-state index >= 15 is 0 Å². The number of methoxy groups -OCH3 is 1. The molecule has 1 aliphatic carbocycles. The number of rotatable bonds is 5. The number of fused-ring (bicyclic) bond motifs is 1. The molecule has 1 amide bonds. The first-order valence-electron chi connectivity index (χ1n) is 9.90. The molecular formula is C21H28N2O4. The average Bonchev–Trinajstić information content (AvgIpc) is 3.35. The minimum atomic E-state index is -0.799. The van der Waals surface area contributed by atoms with Gasteiger partial charge in [0.1, 0.15) is 11.2 Å². The van der Waals surface area contributed by atoms with Crippen molar-refractivity contribution < 1.29 is 19.4 Å². The average molecular weight is 372 g/mol. The Hall–Kier alpha value is -2.08. The first-order valence-corrected chi connectivity index (χ1v) is 9.90. The summed E-state index contributed by atoms with van der Waals surface area (Å²) in [4.78, 5) is 29.2. The molecular weight excluding hydrogens is 344 g/mol. The maximum atomic E-state index is 12.8. The number of amides is 1. The highest BCUT2D eigenvalue weighted by Gasteiger charge is 2.59. The molecule has 0 aromatic heterocycles. The zero-order chi connectivity index (χ0) is 19.0. The minimum Gasteiger partial charge on any atom is -0.497 e. The van der Waals surface area contributed by atoms with Crippen LogP contribution in [0.3, 0.4) is 0 Å². The predicted molar refractivity (Wildman–Crippen MR) is 101 cm³/mol. The van der Waals surface area contributed by atoms with E-state index in [0.29, 0.717) is 25.7 Å². The quantitative estimate of drug-likeness (QED) is 0.856. The molecule has 2 saturated heterocycles. The highest BCUT2D eigenvalue weighted by Crippen LogP contribution is 2.45. The third-order valence-corrected chi connectivity index (χ3v) is 6.74. The summed E-state index contributed by atoms with van der Waals surface area (Å²) in [7, 11) is 1.61. The van der Waals surface area contributed by atoms with Gasteiger partial charge in [-0.15, -0.1) is 0 Å². The number of ether oxygens (including phenoxy) is 1. The molecule has 1 aromatic rings. The number of likely N-dealkylation sites (tertiary alicyclic amines) is 2. The maximum Gasteiger partial charge on any atom is 0.313 e. The van der Waals surface area contributed by atoms with Crippen LogP contribution < -0.4 is 4.74 Å². The molecule has 1 aromatic carbocycles. The number of nitrogens with zero attached hydrogens (tertiary/aromatic N) is 2. The van der Waals surface area contributed by atoms with E-state index in [4.69, 9.17) is 4.74 Å². The van der Waals surface area contributed by atoms with E-state index in [1.54, 1.807) is 12.0 Å². The molecule has 27 heavy (non-hydrogen) atoms. The van der Waals surface area contributed by atoms with Crippen molar-refractivity contribution in [2.45, 2.75) is 38.1 Å². The van der Waals surface area contributed by atoms with Crippen molar-refractivity contribution in [1.82, 2.24) is 9.80 Å². The Morgan fingerprint density at radius 1 is 1.22 bits per heavy atom. The third kappa shape index (κ3) is 3.31. The van der Waals surface area contributed by atoms with E-state index < -0.39 is 11.4 Å². The van der Waals surface area contributed by atoms with Gasteiger partial charge in [0.25, 0.3) is 0 Å². The van der Waals surface area contributed by atoms with E-state index in [0.717, 1.165) is 17.9 Å². The topological polar surface area (TPSA) is 70.1 Å². The molecule has 0 unspecified atom stereocenters. The number of carboxylic acids is 1. The number of carbonyl (C=O) groups excluding carboxylic acids is 1. The molecule has 1 saturated carbocycles. The molecule has 3 aliphatic rings. The summed E-state index contributed by atoms with van der Waals surface area (Å²) < 4.78 is 5.22. The van der Waals surface area contributed by atoms with Crippen LogP contribution in [0.5, 0.6) is 5.75 Å². The van der Waals surface area contributed by atoms with Crippen molar-refractivity contribution in [2.24, 2.45) is 11.3 Å². The Kier molecular flexibility index (Phi) is 4.84. The molecule has 146 valence electrons. The van der Waals surface area contributed by atoms with Crippen LogP contribution in [0.4, 0.5) is 0 Å². The molecule has 0 radical (unpaired) electrons. The van der Waals surface area contributed by atoms with Crippen LogP contribution in [0, 0.1) is 11.3 Å². The Morgan fingerprint density at radius 3 is 2.67 bits per heavy atom. The van der Waals surface area contributed by atoms with E-state index in [9.17, 15) is 14.7 Å². The summed E-state index contributed by atoms with van der Waals surface area (Å²) in [5, 5.41) is 10.0. The Morgan fingerprint density at radius 2 is 2.00 bits per heavy atom. The summed E-state index contributed by atoms with van der Waals surface area (Å²) in [6.45, 7) is 2.28.